The van der Waals surface area contributed by atoms with Crippen LogP contribution in [0.15, 0.2) is 33.8 Å². The number of amides is 2. The second-order valence-electron chi connectivity index (χ2n) is 11.7. The van der Waals surface area contributed by atoms with Gasteiger partial charge in [0.25, 0.3) is 5.91 Å². The molecule has 17 heteroatoms. The molecule has 262 valence electrons. The lowest BCUT2D eigenvalue weighted by molar-refractivity contribution is -0.306. The maximum Gasteiger partial charge on any atom is 0.572 e. The first-order valence-corrected chi connectivity index (χ1v) is 15.9. The van der Waals surface area contributed by atoms with Crippen molar-refractivity contribution < 1.29 is 46.5 Å². The maximum absolute atomic E-state index is 14.1. The molecule has 0 spiro atoms. The number of nitrogens with zero attached hydrogens (tertiary/aromatic N) is 5. The lowest BCUT2D eigenvalue weighted by Gasteiger charge is -2.36. The Kier molecular flexibility index (Phi) is 9.54. The van der Waals surface area contributed by atoms with Crippen LogP contribution < -0.4 is 20.4 Å². The quantitative estimate of drug-likeness (QED) is 0.302. The Balaban J connectivity index is 1.27. The molecule has 3 aliphatic heterocycles. The molecule has 0 aliphatic carbocycles. The number of piperazine rings is 1. The average Bonchev–Trinajstić information content (AvgIpc) is 3.74. The van der Waals surface area contributed by atoms with E-state index in [0.29, 0.717) is 61.8 Å². The molecular weight excluding hydrogens is 653 g/mol. The zero-order valence-corrected chi connectivity index (χ0v) is 26.7. The van der Waals surface area contributed by atoms with Crippen LogP contribution in [0.25, 0.3) is 16.8 Å². The van der Waals surface area contributed by atoms with E-state index in [4.69, 9.17) is 13.9 Å². The highest BCUT2D eigenvalue weighted by Crippen LogP contribution is 2.35. The summed E-state index contributed by atoms with van der Waals surface area (Å²) in [6, 6.07) is 0. The molecule has 6 heterocycles. The summed E-state index contributed by atoms with van der Waals surface area (Å²) in [6.45, 7) is 6.72. The zero-order chi connectivity index (χ0) is 34.9. The molecule has 14 nitrogen and oxygen atoms in total. The molecular formula is C32H35F3N6O8. The first kappa shape index (κ1) is 33.8. The molecule has 0 unspecified atom stereocenters. The van der Waals surface area contributed by atoms with Gasteiger partial charge < -0.3 is 43.4 Å². The van der Waals surface area contributed by atoms with Gasteiger partial charge in [0.2, 0.25) is 22.9 Å². The molecule has 0 bridgehead atoms. The van der Waals surface area contributed by atoms with E-state index in [1.54, 1.807) is 9.47 Å². The van der Waals surface area contributed by atoms with Crippen molar-refractivity contribution in [2.24, 2.45) is 0 Å². The van der Waals surface area contributed by atoms with Gasteiger partial charge >= 0.3 is 6.36 Å². The number of aromatic hydroxyl groups is 1. The first-order chi connectivity index (χ1) is 23.4. The molecule has 3 aromatic heterocycles. The number of oxazole rings is 1. The third kappa shape index (κ3) is 7.06. The Labute approximate surface area is 277 Å². The fraction of sp³-hybridized carbons (Fsp3) is 0.469. The van der Waals surface area contributed by atoms with E-state index in [1.165, 1.54) is 6.20 Å². The number of ether oxygens (including phenoxy) is 3. The molecule has 1 fully saturated rings. The lowest BCUT2D eigenvalue weighted by atomic mass is 10.1. The van der Waals surface area contributed by atoms with E-state index in [0.717, 1.165) is 5.57 Å². The Hall–Kier alpha value is -5.06. The van der Waals surface area contributed by atoms with Crippen LogP contribution in [0.4, 0.5) is 18.9 Å². The normalized spacial score (nSPS) is 16.3. The van der Waals surface area contributed by atoms with E-state index in [-0.39, 0.29) is 74.3 Å². The third-order valence-electron chi connectivity index (χ3n) is 8.56. The smallest absolute Gasteiger partial charge is 0.505 e. The molecule has 1 saturated heterocycles. The molecule has 0 aromatic carbocycles. The fourth-order valence-electron chi connectivity index (χ4n) is 6.19. The molecule has 2 N–H and O–H groups in total. The van der Waals surface area contributed by atoms with Crippen molar-refractivity contribution in [2.75, 3.05) is 57.4 Å². The Morgan fingerprint density at radius 2 is 1.94 bits per heavy atom. The van der Waals surface area contributed by atoms with Crippen LogP contribution in [0.3, 0.4) is 0 Å². The summed E-state index contributed by atoms with van der Waals surface area (Å²) >= 11 is 0. The number of alkyl halides is 3. The number of hydrogen-bond acceptors (Lipinski definition) is 11. The van der Waals surface area contributed by atoms with Gasteiger partial charge in [-0.1, -0.05) is 19.6 Å². The van der Waals surface area contributed by atoms with Crippen molar-refractivity contribution in [3.8, 4) is 11.5 Å². The van der Waals surface area contributed by atoms with E-state index >= 15 is 0 Å². The number of anilines is 1. The van der Waals surface area contributed by atoms with Gasteiger partial charge in [-0.25, -0.2) is 9.97 Å². The summed E-state index contributed by atoms with van der Waals surface area (Å²) in [5.41, 5.74) is 1.73. The van der Waals surface area contributed by atoms with Gasteiger partial charge in [-0.15, -0.1) is 13.2 Å². The third-order valence-corrected chi connectivity index (χ3v) is 8.56. The van der Waals surface area contributed by atoms with Crippen LogP contribution in [-0.2, 0) is 33.7 Å². The van der Waals surface area contributed by atoms with Crippen molar-refractivity contribution >= 4 is 34.3 Å². The Bertz CT molecular complexity index is 1880. The SMILES string of the molecule is C=C(CCNC(=O)Cn1c(CC)c(N2CCN(C(=O)c3ncc4c(c3O)CCO4)CC2)c(=O)c2nc(C3=CCOCC3)oc21)OC(F)(F)F. The predicted molar refractivity (Wildman–Crippen MR) is 168 cm³/mol. The topological polar surface area (TPSA) is 161 Å². The van der Waals surface area contributed by atoms with Gasteiger partial charge in [0.15, 0.2) is 17.0 Å². The summed E-state index contributed by atoms with van der Waals surface area (Å²) < 4.78 is 59.8. The molecule has 0 atom stereocenters. The van der Waals surface area contributed by atoms with Gasteiger partial charge in [-0.3, -0.25) is 14.4 Å². The van der Waals surface area contributed by atoms with Crippen molar-refractivity contribution in [3.63, 3.8) is 0 Å². The first-order valence-electron chi connectivity index (χ1n) is 15.9. The van der Waals surface area contributed by atoms with Gasteiger partial charge in [0, 0.05) is 68.8 Å². The summed E-state index contributed by atoms with van der Waals surface area (Å²) in [5.74, 6) is -1.05. The summed E-state index contributed by atoms with van der Waals surface area (Å²) in [7, 11) is 0. The minimum atomic E-state index is -4.88. The number of halogens is 3. The zero-order valence-electron chi connectivity index (χ0n) is 26.7. The van der Waals surface area contributed by atoms with Crippen LogP contribution in [0.5, 0.6) is 11.5 Å². The number of fused-ring (bicyclic) bond motifs is 2. The number of carbonyl (C=O) groups is 2. The van der Waals surface area contributed by atoms with Crippen molar-refractivity contribution in [2.45, 2.75) is 45.5 Å². The molecule has 3 aromatic rings. The van der Waals surface area contributed by atoms with Gasteiger partial charge in [0.1, 0.15) is 23.7 Å². The summed E-state index contributed by atoms with van der Waals surface area (Å²) in [6.07, 6.45) is -0.614. The van der Waals surface area contributed by atoms with Crippen molar-refractivity contribution in [1.29, 1.82) is 0 Å². The standard InChI is InChI=1S/C32H35F3N6O8/c1-3-21-26(39-9-11-40(12-10-39)30(45)24-27(43)20-7-15-47-22(20)16-37-24)28(44)25-31(48-29(38-25)19-5-13-46-14-6-19)41(21)17-23(42)36-8-4-18(2)49-32(33,34)35/h5,16,43H,2-4,6-15,17H2,1H3,(H,36,42). The number of hydrogen-bond donors (Lipinski definition) is 2. The molecule has 49 heavy (non-hydrogen) atoms. The highest BCUT2D eigenvalue weighted by Gasteiger charge is 2.33. The highest BCUT2D eigenvalue weighted by molar-refractivity contribution is 5.95. The van der Waals surface area contributed by atoms with Crippen LogP contribution in [0.2, 0.25) is 0 Å². The van der Waals surface area contributed by atoms with Crippen LogP contribution in [-0.4, -0.2) is 95.3 Å². The molecule has 0 radical (unpaired) electrons. The predicted octanol–water partition coefficient (Wildman–Crippen LogP) is 2.91. The Morgan fingerprint density at radius 1 is 1.16 bits per heavy atom. The second-order valence-corrected chi connectivity index (χ2v) is 11.7. The van der Waals surface area contributed by atoms with E-state index < -0.39 is 29.4 Å². The van der Waals surface area contributed by atoms with Crippen LogP contribution in [0.1, 0.15) is 47.4 Å². The largest absolute Gasteiger partial charge is 0.572 e. The lowest BCUT2D eigenvalue weighted by Crippen LogP contribution is -2.50. The Morgan fingerprint density at radius 3 is 2.63 bits per heavy atom. The average molecular weight is 689 g/mol. The van der Waals surface area contributed by atoms with E-state index in [2.05, 4.69) is 26.6 Å². The molecule has 3 aliphatic rings. The van der Waals surface area contributed by atoms with Crippen molar-refractivity contribution in [3.05, 3.63) is 57.7 Å². The summed E-state index contributed by atoms with van der Waals surface area (Å²) in [4.78, 5) is 52.7. The van der Waals surface area contributed by atoms with Crippen molar-refractivity contribution in [1.82, 2.24) is 24.8 Å². The summed E-state index contributed by atoms with van der Waals surface area (Å²) in [5, 5.41) is 13.3. The molecule has 2 amide bonds. The number of carbonyl (C=O) groups excluding carboxylic acids is 2. The molecule has 6 rings (SSSR count). The minimum absolute atomic E-state index is 0.0161. The van der Waals surface area contributed by atoms with Crippen LogP contribution >= 0.6 is 0 Å². The second kappa shape index (κ2) is 13.8. The van der Waals surface area contributed by atoms with Gasteiger partial charge in [-0.2, -0.15) is 0 Å². The highest BCUT2D eigenvalue weighted by atomic mass is 19.4. The number of nitrogens with one attached hydrogen (secondary N) is 1. The number of pyridine rings is 2. The minimum Gasteiger partial charge on any atom is -0.505 e. The maximum atomic E-state index is 14.1. The van der Waals surface area contributed by atoms with E-state index in [9.17, 15) is 32.7 Å². The fourth-order valence-corrected chi connectivity index (χ4v) is 6.19. The van der Waals surface area contributed by atoms with Gasteiger partial charge in [-0.05, 0) is 6.42 Å². The monoisotopic (exact) mass is 688 g/mol. The number of aromatic nitrogens is 3. The number of rotatable bonds is 10. The van der Waals surface area contributed by atoms with E-state index in [1.807, 2.05) is 17.9 Å². The molecule has 0 saturated carbocycles. The van der Waals surface area contributed by atoms with Crippen LogP contribution in [0, 0.1) is 0 Å². The van der Waals surface area contributed by atoms with Gasteiger partial charge in [0.05, 0.1) is 26.0 Å².